The van der Waals surface area contributed by atoms with Gasteiger partial charge in [0.2, 0.25) is 0 Å². The van der Waals surface area contributed by atoms with Crippen molar-refractivity contribution in [2.24, 2.45) is 5.73 Å². The second kappa shape index (κ2) is 6.35. The van der Waals surface area contributed by atoms with Crippen molar-refractivity contribution in [3.63, 3.8) is 0 Å². The molecule has 0 spiro atoms. The Hall–Kier alpha value is -1.74. The lowest BCUT2D eigenvalue weighted by molar-refractivity contribution is 0.466. The van der Waals surface area contributed by atoms with Crippen molar-refractivity contribution < 1.29 is 5.11 Å². The number of halogens is 2. The van der Waals surface area contributed by atoms with E-state index in [1.807, 2.05) is 42.5 Å². The van der Waals surface area contributed by atoms with Gasteiger partial charge in [0.1, 0.15) is 5.75 Å². The maximum absolute atomic E-state index is 10.2. The Morgan fingerprint density at radius 3 is 2.29 bits per heavy atom. The third-order valence-electron chi connectivity index (χ3n) is 3.49. The van der Waals surface area contributed by atoms with Crippen LogP contribution in [0, 0.1) is 0 Å². The summed E-state index contributed by atoms with van der Waals surface area (Å²) in [4.78, 5) is 0. The summed E-state index contributed by atoms with van der Waals surface area (Å²) in [5.41, 5.74) is 7.99. The van der Waals surface area contributed by atoms with Crippen molar-refractivity contribution in [1.29, 1.82) is 0 Å². The van der Waals surface area contributed by atoms with Crippen molar-refractivity contribution in [2.75, 3.05) is 0 Å². The second-order valence-electron chi connectivity index (χ2n) is 4.75. The van der Waals surface area contributed by atoms with E-state index >= 15 is 0 Å². The number of phenols is 1. The third kappa shape index (κ3) is 2.98. The van der Waals surface area contributed by atoms with Crippen molar-refractivity contribution in [2.45, 2.75) is 6.04 Å². The van der Waals surface area contributed by atoms with Gasteiger partial charge < -0.3 is 10.8 Å². The third-order valence-corrected chi connectivity index (χ3v) is 3.74. The van der Waals surface area contributed by atoms with Crippen LogP contribution in [0.5, 0.6) is 5.75 Å². The number of benzene rings is 3. The number of fused-ring (bicyclic) bond motifs is 1. The van der Waals surface area contributed by atoms with Gasteiger partial charge in [-0.3, -0.25) is 0 Å². The van der Waals surface area contributed by atoms with E-state index in [-0.39, 0.29) is 18.2 Å². The zero-order chi connectivity index (χ0) is 14.1. The molecule has 2 nitrogen and oxygen atoms in total. The van der Waals surface area contributed by atoms with Crippen LogP contribution in [0.3, 0.4) is 0 Å². The Balaban J connectivity index is 0.00000161. The van der Waals surface area contributed by atoms with Gasteiger partial charge in [0.15, 0.2) is 0 Å². The SMILES string of the molecule is Cl.NC(c1ccc(Cl)cc1)c1c(O)ccc2ccccc12. The molecule has 1 atom stereocenters. The van der Waals surface area contributed by atoms with E-state index in [0.717, 1.165) is 21.9 Å². The topological polar surface area (TPSA) is 46.2 Å². The highest BCUT2D eigenvalue weighted by molar-refractivity contribution is 6.30. The minimum Gasteiger partial charge on any atom is -0.508 e. The predicted octanol–water partition coefficient (Wildman–Crippen LogP) is 4.67. The Morgan fingerprint density at radius 1 is 0.905 bits per heavy atom. The molecule has 0 bridgehead atoms. The zero-order valence-corrected chi connectivity index (χ0v) is 12.7. The summed E-state index contributed by atoms with van der Waals surface area (Å²) in [6, 6.07) is 18.5. The van der Waals surface area contributed by atoms with Gasteiger partial charge in [-0.15, -0.1) is 12.4 Å². The quantitative estimate of drug-likeness (QED) is 0.721. The molecule has 1 unspecified atom stereocenters. The highest BCUT2D eigenvalue weighted by atomic mass is 35.5. The molecule has 0 aliphatic rings. The van der Waals surface area contributed by atoms with E-state index in [9.17, 15) is 5.11 Å². The fourth-order valence-electron chi connectivity index (χ4n) is 2.45. The molecule has 108 valence electrons. The molecule has 0 radical (unpaired) electrons. The second-order valence-corrected chi connectivity index (χ2v) is 5.19. The number of aromatic hydroxyl groups is 1. The van der Waals surface area contributed by atoms with Gasteiger partial charge in [-0.25, -0.2) is 0 Å². The first-order valence-corrected chi connectivity index (χ1v) is 6.76. The molecule has 0 heterocycles. The molecule has 0 saturated carbocycles. The summed E-state index contributed by atoms with van der Waals surface area (Å²) < 4.78 is 0. The van der Waals surface area contributed by atoms with Crippen LogP contribution in [0.25, 0.3) is 10.8 Å². The molecule has 0 fully saturated rings. The van der Waals surface area contributed by atoms with E-state index in [1.165, 1.54) is 0 Å². The maximum atomic E-state index is 10.2. The molecular weight excluding hydrogens is 305 g/mol. The Morgan fingerprint density at radius 2 is 1.57 bits per heavy atom. The highest BCUT2D eigenvalue weighted by Gasteiger charge is 2.16. The monoisotopic (exact) mass is 319 g/mol. The average Bonchev–Trinajstić information content (AvgIpc) is 2.47. The highest BCUT2D eigenvalue weighted by Crippen LogP contribution is 2.34. The van der Waals surface area contributed by atoms with Crippen LogP contribution in [0.4, 0.5) is 0 Å². The fourth-order valence-corrected chi connectivity index (χ4v) is 2.57. The van der Waals surface area contributed by atoms with Crippen molar-refractivity contribution >= 4 is 34.8 Å². The minimum atomic E-state index is -0.390. The molecule has 3 rings (SSSR count). The number of hydrogen-bond donors (Lipinski definition) is 2. The fraction of sp³-hybridized carbons (Fsp3) is 0.0588. The number of nitrogens with two attached hydrogens (primary N) is 1. The van der Waals surface area contributed by atoms with Gasteiger partial charge in [-0.05, 0) is 34.5 Å². The lowest BCUT2D eigenvalue weighted by Gasteiger charge is -2.17. The molecule has 4 heteroatoms. The summed E-state index contributed by atoms with van der Waals surface area (Å²) in [7, 11) is 0. The van der Waals surface area contributed by atoms with E-state index in [1.54, 1.807) is 18.2 Å². The Bertz CT molecular complexity index is 756. The summed E-state index contributed by atoms with van der Waals surface area (Å²) in [6.45, 7) is 0. The van der Waals surface area contributed by atoms with Crippen LogP contribution < -0.4 is 5.73 Å². The Labute approximate surface area is 134 Å². The number of rotatable bonds is 2. The standard InChI is InChI=1S/C17H14ClNO.ClH/c18-13-8-5-12(6-9-13)17(19)16-14-4-2-1-3-11(14)7-10-15(16)20;/h1-10,17,20H,19H2;1H. The first-order valence-electron chi connectivity index (χ1n) is 6.38. The molecule has 0 aromatic heterocycles. The van der Waals surface area contributed by atoms with Gasteiger partial charge >= 0.3 is 0 Å². The first kappa shape index (κ1) is 15.6. The van der Waals surface area contributed by atoms with E-state index < -0.39 is 6.04 Å². The van der Waals surface area contributed by atoms with E-state index in [0.29, 0.717) is 5.02 Å². The molecular formula is C17H15Cl2NO. The molecule has 3 aromatic carbocycles. The van der Waals surface area contributed by atoms with Crippen molar-refractivity contribution in [3.05, 3.63) is 76.8 Å². The minimum absolute atomic E-state index is 0. The maximum Gasteiger partial charge on any atom is 0.121 e. The molecule has 0 aliphatic heterocycles. The summed E-state index contributed by atoms with van der Waals surface area (Å²) >= 11 is 5.90. The number of hydrogen-bond acceptors (Lipinski definition) is 2. The number of phenolic OH excluding ortho intramolecular Hbond substituents is 1. The zero-order valence-electron chi connectivity index (χ0n) is 11.2. The van der Waals surface area contributed by atoms with Crippen LogP contribution in [0.1, 0.15) is 17.2 Å². The van der Waals surface area contributed by atoms with Gasteiger partial charge in [0.05, 0.1) is 6.04 Å². The van der Waals surface area contributed by atoms with Gasteiger partial charge in [-0.1, -0.05) is 54.1 Å². The summed E-state index contributed by atoms with van der Waals surface area (Å²) in [5.74, 6) is 0.214. The van der Waals surface area contributed by atoms with Gasteiger partial charge in [-0.2, -0.15) is 0 Å². The summed E-state index contributed by atoms with van der Waals surface area (Å²) in [6.07, 6.45) is 0. The molecule has 21 heavy (non-hydrogen) atoms. The molecule has 3 N–H and O–H groups in total. The smallest absolute Gasteiger partial charge is 0.121 e. The predicted molar refractivity (Wildman–Crippen MR) is 90.3 cm³/mol. The lowest BCUT2D eigenvalue weighted by Crippen LogP contribution is -2.12. The van der Waals surface area contributed by atoms with Crippen LogP contribution in [-0.2, 0) is 0 Å². The Kier molecular flexibility index (Phi) is 4.73. The largest absolute Gasteiger partial charge is 0.508 e. The lowest BCUT2D eigenvalue weighted by atomic mass is 9.93. The van der Waals surface area contributed by atoms with Crippen LogP contribution >= 0.6 is 24.0 Å². The van der Waals surface area contributed by atoms with Crippen LogP contribution in [0.15, 0.2) is 60.7 Å². The summed E-state index contributed by atoms with van der Waals surface area (Å²) in [5, 5.41) is 12.9. The normalized spacial score (nSPS) is 11.9. The van der Waals surface area contributed by atoms with Crippen molar-refractivity contribution in [3.8, 4) is 5.75 Å². The molecule has 0 amide bonds. The van der Waals surface area contributed by atoms with Crippen molar-refractivity contribution in [1.82, 2.24) is 0 Å². The average molecular weight is 320 g/mol. The van der Waals surface area contributed by atoms with Gasteiger partial charge in [0, 0.05) is 10.6 Å². The van der Waals surface area contributed by atoms with Gasteiger partial charge in [0.25, 0.3) is 0 Å². The molecule has 3 aromatic rings. The van der Waals surface area contributed by atoms with E-state index in [2.05, 4.69) is 0 Å². The first-order chi connectivity index (χ1) is 9.66. The van der Waals surface area contributed by atoms with Crippen LogP contribution in [-0.4, -0.2) is 5.11 Å². The molecule has 0 saturated heterocycles. The van der Waals surface area contributed by atoms with E-state index in [4.69, 9.17) is 17.3 Å². The van der Waals surface area contributed by atoms with Crippen LogP contribution in [0.2, 0.25) is 5.02 Å². The molecule has 0 aliphatic carbocycles.